The molecule has 0 saturated carbocycles. The van der Waals surface area contributed by atoms with Gasteiger partial charge in [-0.15, -0.1) is 0 Å². The van der Waals surface area contributed by atoms with E-state index >= 15 is 0 Å². The predicted molar refractivity (Wildman–Crippen MR) is 74.4 cm³/mol. The molecule has 1 aromatic heterocycles. The van der Waals surface area contributed by atoms with Crippen LogP contribution in [-0.2, 0) is 4.79 Å². The van der Waals surface area contributed by atoms with Gasteiger partial charge < -0.3 is 16.0 Å². The smallest absolute Gasteiger partial charge is 0.252 e. The van der Waals surface area contributed by atoms with Gasteiger partial charge in [0.1, 0.15) is 5.82 Å². The van der Waals surface area contributed by atoms with E-state index in [0.29, 0.717) is 22.9 Å². The third-order valence-electron chi connectivity index (χ3n) is 2.35. The third-order valence-corrected chi connectivity index (χ3v) is 2.64. The van der Waals surface area contributed by atoms with Gasteiger partial charge in [0.25, 0.3) is 5.91 Å². The molecule has 0 aliphatic rings. The molecule has 104 valence electrons. The van der Waals surface area contributed by atoms with Crippen LogP contribution in [0.5, 0.6) is 0 Å². The molecule has 0 fully saturated rings. The summed E-state index contributed by atoms with van der Waals surface area (Å²) in [7, 11) is 1.69. The first-order chi connectivity index (χ1) is 9.08. The number of nitrogens with zero attached hydrogens (tertiary/aromatic N) is 1. The second-order valence-corrected chi connectivity index (χ2v) is 4.17. The third kappa shape index (κ3) is 4.75. The lowest BCUT2D eigenvalue weighted by Gasteiger charge is -2.07. The number of carbonyl (C=O) groups is 2. The summed E-state index contributed by atoms with van der Waals surface area (Å²) in [5.41, 5.74) is 0.361. The van der Waals surface area contributed by atoms with E-state index in [1.807, 2.05) is 6.92 Å². The van der Waals surface area contributed by atoms with Crippen molar-refractivity contribution in [2.45, 2.75) is 13.3 Å². The molecule has 19 heavy (non-hydrogen) atoms. The molecule has 0 radical (unpaired) electrons. The Morgan fingerprint density at radius 3 is 2.68 bits per heavy atom. The fourth-order valence-corrected chi connectivity index (χ4v) is 1.68. The zero-order valence-corrected chi connectivity index (χ0v) is 11.7. The molecule has 0 atom stereocenters. The highest BCUT2D eigenvalue weighted by molar-refractivity contribution is 6.33. The van der Waals surface area contributed by atoms with Crippen molar-refractivity contribution in [1.82, 2.24) is 15.6 Å². The topological polar surface area (TPSA) is 83.1 Å². The average molecular weight is 285 g/mol. The van der Waals surface area contributed by atoms with Gasteiger partial charge >= 0.3 is 0 Å². The van der Waals surface area contributed by atoms with E-state index in [1.54, 1.807) is 7.05 Å². The van der Waals surface area contributed by atoms with Crippen molar-refractivity contribution >= 4 is 29.2 Å². The van der Waals surface area contributed by atoms with Crippen molar-refractivity contribution in [3.8, 4) is 0 Å². The van der Waals surface area contributed by atoms with Gasteiger partial charge in [0, 0.05) is 32.8 Å². The molecule has 0 aliphatic carbocycles. The largest absolute Gasteiger partial charge is 0.372 e. The van der Waals surface area contributed by atoms with Gasteiger partial charge in [-0.3, -0.25) is 9.59 Å². The Labute approximate surface area is 116 Å². The van der Waals surface area contributed by atoms with Crippen LogP contribution in [0.3, 0.4) is 0 Å². The second-order valence-electron chi connectivity index (χ2n) is 3.76. The van der Waals surface area contributed by atoms with Crippen molar-refractivity contribution in [2.75, 3.05) is 25.5 Å². The van der Waals surface area contributed by atoms with Crippen LogP contribution in [0.25, 0.3) is 0 Å². The van der Waals surface area contributed by atoms with Gasteiger partial charge in [0.05, 0.1) is 10.6 Å². The van der Waals surface area contributed by atoms with E-state index < -0.39 is 0 Å². The predicted octanol–water partition coefficient (Wildman–Crippen LogP) is 1.03. The number of aromatic nitrogens is 1. The van der Waals surface area contributed by atoms with E-state index in [-0.39, 0.29) is 24.8 Å². The summed E-state index contributed by atoms with van der Waals surface area (Å²) in [6.07, 6.45) is 1.68. The minimum absolute atomic E-state index is 0.0931. The zero-order chi connectivity index (χ0) is 14.3. The summed E-state index contributed by atoms with van der Waals surface area (Å²) in [6.45, 7) is 2.70. The minimum atomic E-state index is -0.304. The van der Waals surface area contributed by atoms with Gasteiger partial charge in [0.15, 0.2) is 0 Å². The van der Waals surface area contributed by atoms with Gasteiger partial charge in [-0.25, -0.2) is 4.98 Å². The SMILES string of the molecule is CCNC(=O)CCNC(=O)c1cnc(NC)c(Cl)c1. The van der Waals surface area contributed by atoms with Crippen LogP contribution in [0.15, 0.2) is 12.3 Å². The molecule has 0 aromatic carbocycles. The first-order valence-electron chi connectivity index (χ1n) is 5.96. The number of carbonyl (C=O) groups excluding carboxylic acids is 2. The molecular weight excluding hydrogens is 268 g/mol. The highest BCUT2D eigenvalue weighted by Gasteiger charge is 2.09. The van der Waals surface area contributed by atoms with E-state index in [9.17, 15) is 9.59 Å². The van der Waals surface area contributed by atoms with Crippen LogP contribution < -0.4 is 16.0 Å². The highest BCUT2D eigenvalue weighted by atomic mass is 35.5. The van der Waals surface area contributed by atoms with Gasteiger partial charge in [-0.1, -0.05) is 11.6 Å². The maximum Gasteiger partial charge on any atom is 0.252 e. The summed E-state index contributed by atoms with van der Waals surface area (Å²) in [5.74, 6) is 0.117. The Morgan fingerprint density at radius 2 is 2.11 bits per heavy atom. The lowest BCUT2D eigenvalue weighted by atomic mass is 10.2. The summed E-state index contributed by atoms with van der Waals surface area (Å²) < 4.78 is 0. The molecule has 3 N–H and O–H groups in total. The standard InChI is InChI=1S/C12H17ClN4O2/c1-3-15-10(18)4-5-16-12(19)8-6-9(13)11(14-2)17-7-8/h6-7H,3-5H2,1-2H3,(H,14,17)(H,15,18)(H,16,19). The molecule has 0 bridgehead atoms. The number of rotatable bonds is 6. The normalized spacial score (nSPS) is 9.84. The number of amides is 2. The number of pyridine rings is 1. The maximum absolute atomic E-state index is 11.8. The Balaban J connectivity index is 2.50. The summed E-state index contributed by atoms with van der Waals surface area (Å²) in [5, 5.41) is 8.47. The van der Waals surface area contributed by atoms with Crippen LogP contribution in [0.2, 0.25) is 5.02 Å². The van der Waals surface area contributed by atoms with Crippen molar-refractivity contribution in [3.05, 3.63) is 22.8 Å². The lowest BCUT2D eigenvalue weighted by molar-refractivity contribution is -0.120. The van der Waals surface area contributed by atoms with Gasteiger partial charge in [-0.05, 0) is 13.0 Å². The summed E-state index contributed by atoms with van der Waals surface area (Å²) in [6, 6.07) is 1.53. The molecule has 0 unspecified atom stereocenters. The lowest BCUT2D eigenvalue weighted by Crippen LogP contribution is -2.30. The monoisotopic (exact) mass is 284 g/mol. The van der Waals surface area contributed by atoms with Crippen LogP contribution in [0.4, 0.5) is 5.82 Å². The van der Waals surface area contributed by atoms with E-state index in [2.05, 4.69) is 20.9 Å². The number of halogens is 1. The van der Waals surface area contributed by atoms with Crippen molar-refractivity contribution in [1.29, 1.82) is 0 Å². The molecule has 1 aromatic rings. The average Bonchev–Trinajstić information content (AvgIpc) is 2.38. The molecule has 6 nitrogen and oxygen atoms in total. The Hall–Kier alpha value is -1.82. The maximum atomic E-state index is 11.8. The number of hydrogen-bond donors (Lipinski definition) is 3. The second kappa shape index (κ2) is 7.58. The molecule has 1 rings (SSSR count). The quantitative estimate of drug-likeness (QED) is 0.729. The first-order valence-corrected chi connectivity index (χ1v) is 6.34. The van der Waals surface area contributed by atoms with Crippen LogP contribution in [0, 0.1) is 0 Å². The Morgan fingerprint density at radius 1 is 1.37 bits per heavy atom. The van der Waals surface area contributed by atoms with E-state index in [1.165, 1.54) is 12.3 Å². The molecule has 2 amide bonds. The van der Waals surface area contributed by atoms with E-state index in [0.717, 1.165) is 0 Å². The van der Waals surface area contributed by atoms with Crippen LogP contribution in [0.1, 0.15) is 23.7 Å². The number of nitrogens with one attached hydrogen (secondary N) is 3. The fraction of sp³-hybridized carbons (Fsp3) is 0.417. The van der Waals surface area contributed by atoms with Gasteiger partial charge in [0.2, 0.25) is 5.91 Å². The van der Waals surface area contributed by atoms with Crippen molar-refractivity contribution < 1.29 is 9.59 Å². The first kappa shape index (κ1) is 15.2. The van der Waals surface area contributed by atoms with E-state index in [4.69, 9.17) is 11.6 Å². The molecular formula is C12H17ClN4O2. The molecule has 7 heteroatoms. The Bertz CT molecular complexity index is 465. The summed E-state index contributed by atoms with van der Waals surface area (Å²) >= 11 is 5.93. The number of hydrogen-bond acceptors (Lipinski definition) is 4. The summed E-state index contributed by atoms with van der Waals surface area (Å²) in [4.78, 5) is 27.0. The van der Waals surface area contributed by atoms with Crippen LogP contribution >= 0.6 is 11.6 Å². The van der Waals surface area contributed by atoms with Gasteiger partial charge in [-0.2, -0.15) is 0 Å². The Kier molecular flexibility index (Phi) is 6.08. The molecule has 0 saturated heterocycles. The molecule has 0 aliphatic heterocycles. The van der Waals surface area contributed by atoms with Crippen LogP contribution in [-0.4, -0.2) is 36.9 Å². The minimum Gasteiger partial charge on any atom is -0.372 e. The number of anilines is 1. The van der Waals surface area contributed by atoms with Crippen molar-refractivity contribution in [3.63, 3.8) is 0 Å². The zero-order valence-electron chi connectivity index (χ0n) is 10.9. The highest BCUT2D eigenvalue weighted by Crippen LogP contribution is 2.19. The fourth-order valence-electron chi connectivity index (χ4n) is 1.42. The molecule has 0 spiro atoms. The van der Waals surface area contributed by atoms with Crippen molar-refractivity contribution in [2.24, 2.45) is 0 Å². The molecule has 1 heterocycles.